The summed E-state index contributed by atoms with van der Waals surface area (Å²) in [4.78, 5) is 17.6. The molecule has 1 unspecified atom stereocenters. The van der Waals surface area contributed by atoms with E-state index in [-0.39, 0.29) is 5.82 Å². The van der Waals surface area contributed by atoms with Gasteiger partial charge in [-0.05, 0) is 50.0 Å². The zero-order chi connectivity index (χ0) is 18.7. The Morgan fingerprint density at radius 3 is 2.65 bits per heavy atom. The molecule has 5 nitrogen and oxygen atoms in total. The van der Waals surface area contributed by atoms with Gasteiger partial charge >= 0.3 is 0 Å². The van der Waals surface area contributed by atoms with Crippen molar-refractivity contribution in [2.75, 3.05) is 19.4 Å². The van der Waals surface area contributed by atoms with Crippen LogP contribution in [0.2, 0.25) is 0 Å². The Kier molecular flexibility index (Phi) is 5.01. The molecule has 1 amide bonds. The Morgan fingerprint density at radius 2 is 2.00 bits per heavy atom. The number of H-pyrrole nitrogens is 1. The fraction of sp³-hybridized carbons (Fsp3) is 0.200. The number of fused-ring (bicyclic) bond motifs is 1. The maximum Gasteiger partial charge on any atom is 0.246 e. The molecule has 132 valence electrons. The average molecular weight is 350 g/mol. The number of anilines is 1. The molecule has 2 aromatic carbocycles. The Bertz CT molecular complexity index is 970. The van der Waals surface area contributed by atoms with Gasteiger partial charge in [0.25, 0.3) is 0 Å². The normalized spacial score (nSPS) is 12.1. The molecule has 6 heteroatoms. The molecule has 1 heterocycles. The number of aromatic amines is 1. The topological polar surface area (TPSA) is 71.9 Å². The zero-order valence-corrected chi connectivity index (χ0v) is 14.6. The van der Waals surface area contributed by atoms with Crippen LogP contribution < -0.4 is 5.32 Å². The van der Waals surface area contributed by atoms with E-state index in [9.17, 15) is 14.4 Å². The maximum absolute atomic E-state index is 13.3. The summed E-state index contributed by atoms with van der Waals surface area (Å²) in [5, 5.41) is 12.9. The van der Waals surface area contributed by atoms with E-state index in [1.165, 1.54) is 12.1 Å². The number of aromatic nitrogens is 1. The molecule has 0 fully saturated rings. The number of nitrogens with one attached hydrogen (secondary N) is 2. The molecular formula is C20H19FN4O. The van der Waals surface area contributed by atoms with Gasteiger partial charge in [-0.15, -0.1) is 0 Å². The third-order valence-electron chi connectivity index (χ3n) is 4.10. The third-order valence-corrected chi connectivity index (χ3v) is 4.10. The Balaban J connectivity index is 1.79. The van der Waals surface area contributed by atoms with Crippen LogP contribution in [0.5, 0.6) is 0 Å². The minimum Gasteiger partial charge on any atom is -0.361 e. The second-order valence-corrected chi connectivity index (χ2v) is 6.42. The predicted molar refractivity (Wildman–Crippen MR) is 99.1 cm³/mol. The van der Waals surface area contributed by atoms with E-state index < -0.39 is 11.8 Å². The number of carbonyl (C=O) groups is 1. The molecule has 0 spiro atoms. The van der Waals surface area contributed by atoms with Gasteiger partial charge in [0.15, 0.2) is 5.92 Å². The first-order chi connectivity index (χ1) is 12.5. The van der Waals surface area contributed by atoms with Crippen molar-refractivity contribution in [2.45, 2.75) is 12.5 Å². The number of hydrogen-bond acceptors (Lipinski definition) is 3. The molecule has 0 aliphatic rings. The molecule has 0 bridgehead atoms. The number of carbonyl (C=O) groups excluding carboxylic acids is 1. The summed E-state index contributed by atoms with van der Waals surface area (Å²) in [5.74, 6) is -1.78. The van der Waals surface area contributed by atoms with Gasteiger partial charge in [0.2, 0.25) is 5.91 Å². The van der Waals surface area contributed by atoms with Crippen LogP contribution in [0.4, 0.5) is 10.1 Å². The zero-order valence-electron chi connectivity index (χ0n) is 14.6. The fourth-order valence-corrected chi connectivity index (χ4v) is 2.90. The van der Waals surface area contributed by atoms with Crippen molar-refractivity contribution in [3.63, 3.8) is 0 Å². The Morgan fingerprint density at radius 1 is 1.27 bits per heavy atom. The quantitative estimate of drug-likeness (QED) is 0.738. The fourth-order valence-electron chi connectivity index (χ4n) is 2.90. The van der Waals surface area contributed by atoms with Gasteiger partial charge in [-0.2, -0.15) is 5.26 Å². The number of benzene rings is 2. The first-order valence-electron chi connectivity index (χ1n) is 8.18. The molecule has 0 aliphatic carbocycles. The molecule has 1 aromatic heterocycles. The lowest BCUT2D eigenvalue weighted by Crippen LogP contribution is -2.20. The summed E-state index contributed by atoms with van der Waals surface area (Å²) in [6.07, 6.45) is 1.58. The monoisotopic (exact) mass is 350 g/mol. The second-order valence-electron chi connectivity index (χ2n) is 6.42. The van der Waals surface area contributed by atoms with Crippen LogP contribution in [-0.4, -0.2) is 29.9 Å². The van der Waals surface area contributed by atoms with Crippen LogP contribution in [0, 0.1) is 17.1 Å². The van der Waals surface area contributed by atoms with E-state index in [4.69, 9.17) is 0 Å². The molecular weight excluding hydrogens is 331 g/mol. The number of nitriles is 1. The van der Waals surface area contributed by atoms with Crippen molar-refractivity contribution < 1.29 is 9.18 Å². The average Bonchev–Trinajstić information content (AvgIpc) is 3.00. The first-order valence-corrected chi connectivity index (χ1v) is 8.18. The van der Waals surface area contributed by atoms with Crippen LogP contribution in [0.25, 0.3) is 10.9 Å². The molecule has 0 saturated heterocycles. The van der Waals surface area contributed by atoms with Gasteiger partial charge in [-0.25, -0.2) is 4.39 Å². The van der Waals surface area contributed by atoms with Gasteiger partial charge in [-0.3, -0.25) is 4.79 Å². The first kappa shape index (κ1) is 17.6. The van der Waals surface area contributed by atoms with Gasteiger partial charge in [0, 0.05) is 34.9 Å². The summed E-state index contributed by atoms with van der Waals surface area (Å²) < 4.78 is 13.3. The lowest BCUT2D eigenvalue weighted by atomic mass is 9.99. The lowest BCUT2D eigenvalue weighted by molar-refractivity contribution is -0.116. The minimum atomic E-state index is -0.990. The number of rotatable bonds is 5. The highest BCUT2D eigenvalue weighted by molar-refractivity contribution is 6.01. The van der Waals surface area contributed by atoms with Crippen LogP contribution in [0.3, 0.4) is 0 Å². The van der Waals surface area contributed by atoms with Crippen molar-refractivity contribution in [3.8, 4) is 6.07 Å². The van der Waals surface area contributed by atoms with Crippen LogP contribution in [0.1, 0.15) is 17.0 Å². The van der Waals surface area contributed by atoms with Crippen molar-refractivity contribution in [3.05, 3.63) is 65.6 Å². The Hall–Kier alpha value is -3.17. The summed E-state index contributed by atoms with van der Waals surface area (Å²) in [6, 6.07) is 13.8. The number of halogens is 1. The summed E-state index contributed by atoms with van der Waals surface area (Å²) in [7, 11) is 3.97. The van der Waals surface area contributed by atoms with E-state index >= 15 is 0 Å². The van der Waals surface area contributed by atoms with Crippen LogP contribution >= 0.6 is 0 Å². The van der Waals surface area contributed by atoms with E-state index in [2.05, 4.69) is 15.2 Å². The highest BCUT2D eigenvalue weighted by Crippen LogP contribution is 2.27. The summed E-state index contributed by atoms with van der Waals surface area (Å²) >= 11 is 0. The molecule has 26 heavy (non-hydrogen) atoms. The van der Waals surface area contributed by atoms with Gasteiger partial charge in [0.05, 0.1) is 6.07 Å². The molecule has 0 aliphatic heterocycles. The number of amides is 1. The van der Waals surface area contributed by atoms with Crippen molar-refractivity contribution >= 4 is 22.5 Å². The van der Waals surface area contributed by atoms with Gasteiger partial charge in [-0.1, -0.05) is 12.1 Å². The Labute approximate surface area is 151 Å². The standard InChI is InChI=1S/C20H19FN4O/c1-25(2)12-13-3-6-15(7-4-13)24-20(26)17(10-22)18-11-23-19-9-14(21)5-8-16(18)19/h3-9,11,17,23H,12H2,1-2H3,(H,24,26). The summed E-state index contributed by atoms with van der Waals surface area (Å²) in [5.41, 5.74) is 2.84. The molecule has 2 N–H and O–H groups in total. The molecule has 3 aromatic rings. The van der Waals surface area contributed by atoms with Gasteiger partial charge in [0.1, 0.15) is 5.82 Å². The van der Waals surface area contributed by atoms with Crippen molar-refractivity contribution in [1.29, 1.82) is 5.26 Å². The smallest absolute Gasteiger partial charge is 0.246 e. The highest BCUT2D eigenvalue weighted by Gasteiger charge is 2.23. The number of hydrogen-bond donors (Lipinski definition) is 2. The molecule has 3 rings (SSSR count). The second kappa shape index (κ2) is 7.38. The molecule has 0 radical (unpaired) electrons. The predicted octanol–water partition coefficient (Wildman–Crippen LogP) is 3.61. The number of nitrogens with zero attached hydrogens (tertiary/aromatic N) is 2. The van der Waals surface area contributed by atoms with E-state index in [1.807, 2.05) is 44.4 Å². The highest BCUT2D eigenvalue weighted by atomic mass is 19.1. The van der Waals surface area contributed by atoms with E-state index in [0.717, 1.165) is 12.1 Å². The van der Waals surface area contributed by atoms with Gasteiger partial charge < -0.3 is 15.2 Å². The van der Waals surface area contributed by atoms with E-state index in [1.54, 1.807) is 12.3 Å². The van der Waals surface area contributed by atoms with Crippen molar-refractivity contribution in [2.24, 2.45) is 0 Å². The van der Waals surface area contributed by atoms with E-state index in [0.29, 0.717) is 22.2 Å². The minimum absolute atomic E-state index is 0.373. The largest absolute Gasteiger partial charge is 0.361 e. The van der Waals surface area contributed by atoms with Crippen molar-refractivity contribution in [1.82, 2.24) is 9.88 Å². The third kappa shape index (κ3) is 3.73. The lowest BCUT2D eigenvalue weighted by Gasteiger charge is -2.12. The molecule has 0 saturated carbocycles. The SMILES string of the molecule is CN(C)Cc1ccc(NC(=O)C(C#N)c2c[nH]c3cc(F)ccc23)cc1. The van der Waals surface area contributed by atoms with Crippen LogP contribution in [-0.2, 0) is 11.3 Å². The summed E-state index contributed by atoms with van der Waals surface area (Å²) in [6.45, 7) is 0.806. The maximum atomic E-state index is 13.3. The van der Waals surface area contributed by atoms with Crippen LogP contribution in [0.15, 0.2) is 48.7 Å². The molecule has 1 atom stereocenters.